The lowest BCUT2D eigenvalue weighted by Crippen LogP contribution is -2.31. The Balaban J connectivity index is 2.79. The highest BCUT2D eigenvalue weighted by Crippen LogP contribution is 2.21. The third-order valence-electron chi connectivity index (χ3n) is 3.24. The highest BCUT2D eigenvalue weighted by atomic mass is 15.1. The molecule has 0 radical (unpaired) electrons. The largest absolute Gasteiger partial charge is 0.305 e. The van der Waals surface area contributed by atoms with Gasteiger partial charge in [0.1, 0.15) is 0 Å². The summed E-state index contributed by atoms with van der Waals surface area (Å²) < 4.78 is 0. The van der Waals surface area contributed by atoms with Gasteiger partial charge in [-0.1, -0.05) is 19.4 Å². The number of hydrogen-bond acceptors (Lipinski definition) is 2. The summed E-state index contributed by atoms with van der Waals surface area (Å²) in [6, 6.07) is 0. The van der Waals surface area contributed by atoms with Gasteiger partial charge in [0.2, 0.25) is 0 Å². The number of hydrogen-bond donors (Lipinski definition) is 1. The molecule has 0 saturated carbocycles. The van der Waals surface area contributed by atoms with E-state index < -0.39 is 0 Å². The SMILES string of the molecule is CCC(C)C(=N)C1=C(C)CCN(C)C1. The normalized spacial score (nSPS) is 21.1. The highest BCUT2D eigenvalue weighted by Gasteiger charge is 2.19. The van der Waals surface area contributed by atoms with Crippen molar-refractivity contribution in [3.8, 4) is 0 Å². The van der Waals surface area contributed by atoms with E-state index in [1.807, 2.05) is 0 Å². The summed E-state index contributed by atoms with van der Waals surface area (Å²) in [5, 5.41) is 8.12. The van der Waals surface area contributed by atoms with E-state index in [0.717, 1.165) is 31.6 Å². The molecule has 0 amide bonds. The minimum Gasteiger partial charge on any atom is -0.305 e. The van der Waals surface area contributed by atoms with Crippen molar-refractivity contribution in [3.63, 3.8) is 0 Å². The Morgan fingerprint density at radius 2 is 2.21 bits per heavy atom. The molecule has 14 heavy (non-hydrogen) atoms. The monoisotopic (exact) mass is 194 g/mol. The predicted octanol–water partition coefficient (Wildman–Crippen LogP) is 2.70. The van der Waals surface area contributed by atoms with Crippen LogP contribution in [-0.2, 0) is 0 Å². The first-order chi connectivity index (χ1) is 6.56. The minimum absolute atomic E-state index is 0.409. The topological polar surface area (TPSA) is 27.1 Å². The molecule has 1 N–H and O–H groups in total. The zero-order valence-corrected chi connectivity index (χ0v) is 9.85. The molecule has 0 saturated heterocycles. The van der Waals surface area contributed by atoms with E-state index in [-0.39, 0.29) is 0 Å². The fourth-order valence-electron chi connectivity index (χ4n) is 1.81. The van der Waals surface area contributed by atoms with Crippen LogP contribution in [0.25, 0.3) is 0 Å². The van der Waals surface area contributed by atoms with Gasteiger partial charge in [0, 0.05) is 18.8 Å². The average molecular weight is 194 g/mol. The summed E-state index contributed by atoms with van der Waals surface area (Å²) in [6.07, 6.45) is 2.20. The smallest absolute Gasteiger partial charge is 0.0386 e. The summed E-state index contributed by atoms with van der Waals surface area (Å²) in [4.78, 5) is 2.30. The van der Waals surface area contributed by atoms with Crippen molar-refractivity contribution in [2.24, 2.45) is 5.92 Å². The number of rotatable bonds is 3. The molecule has 1 aliphatic heterocycles. The van der Waals surface area contributed by atoms with Crippen molar-refractivity contribution in [2.75, 3.05) is 20.1 Å². The van der Waals surface area contributed by atoms with E-state index in [1.54, 1.807) is 0 Å². The molecule has 0 aromatic heterocycles. The third-order valence-corrected chi connectivity index (χ3v) is 3.24. The van der Waals surface area contributed by atoms with Gasteiger partial charge in [-0.25, -0.2) is 0 Å². The number of nitrogens with zero attached hydrogens (tertiary/aromatic N) is 1. The molecule has 2 heteroatoms. The second-order valence-electron chi connectivity index (χ2n) is 4.47. The molecule has 0 bridgehead atoms. The highest BCUT2D eigenvalue weighted by molar-refractivity contribution is 6.00. The molecule has 0 fully saturated rings. The zero-order chi connectivity index (χ0) is 10.7. The van der Waals surface area contributed by atoms with Crippen molar-refractivity contribution in [1.29, 1.82) is 5.41 Å². The average Bonchev–Trinajstić information content (AvgIpc) is 2.19. The fraction of sp³-hybridized carbons (Fsp3) is 0.750. The minimum atomic E-state index is 0.409. The predicted molar refractivity (Wildman–Crippen MR) is 62.0 cm³/mol. The van der Waals surface area contributed by atoms with Gasteiger partial charge in [-0.15, -0.1) is 0 Å². The summed E-state index contributed by atoms with van der Waals surface area (Å²) in [6.45, 7) is 8.59. The molecule has 80 valence electrons. The van der Waals surface area contributed by atoms with Crippen LogP contribution in [0.1, 0.15) is 33.6 Å². The summed E-state index contributed by atoms with van der Waals surface area (Å²) >= 11 is 0. The van der Waals surface area contributed by atoms with Gasteiger partial charge >= 0.3 is 0 Å². The van der Waals surface area contributed by atoms with Crippen LogP contribution in [0.4, 0.5) is 0 Å². The summed E-state index contributed by atoms with van der Waals surface area (Å²) in [7, 11) is 2.14. The number of likely N-dealkylation sites (N-methyl/N-ethyl adjacent to an activating group) is 1. The van der Waals surface area contributed by atoms with E-state index in [2.05, 4.69) is 32.7 Å². The molecule has 2 nitrogen and oxygen atoms in total. The Kier molecular flexibility index (Phi) is 3.87. The molecular weight excluding hydrogens is 172 g/mol. The van der Waals surface area contributed by atoms with Crippen LogP contribution in [0.2, 0.25) is 0 Å². The Labute approximate surface area is 87.5 Å². The van der Waals surface area contributed by atoms with Gasteiger partial charge < -0.3 is 10.3 Å². The van der Waals surface area contributed by atoms with Gasteiger partial charge in [-0.05, 0) is 38.3 Å². The van der Waals surface area contributed by atoms with Gasteiger partial charge in [0.25, 0.3) is 0 Å². The fourth-order valence-corrected chi connectivity index (χ4v) is 1.81. The Hall–Kier alpha value is -0.630. The molecule has 1 atom stereocenters. The molecule has 0 aromatic rings. The Bertz CT molecular complexity index is 253. The molecule has 0 spiro atoms. The molecular formula is C12H22N2. The van der Waals surface area contributed by atoms with Gasteiger partial charge in [0.05, 0.1) is 0 Å². The van der Waals surface area contributed by atoms with Crippen molar-refractivity contribution >= 4 is 5.71 Å². The van der Waals surface area contributed by atoms with Crippen molar-refractivity contribution < 1.29 is 0 Å². The number of nitrogens with one attached hydrogen (secondary N) is 1. The maximum atomic E-state index is 8.12. The first kappa shape index (κ1) is 11.4. The molecule has 0 aliphatic carbocycles. The molecule has 1 unspecified atom stereocenters. The van der Waals surface area contributed by atoms with Crippen molar-refractivity contribution in [1.82, 2.24) is 4.90 Å². The lowest BCUT2D eigenvalue weighted by molar-refractivity contribution is 0.352. The van der Waals surface area contributed by atoms with Crippen LogP contribution < -0.4 is 0 Å². The van der Waals surface area contributed by atoms with Gasteiger partial charge in [0.15, 0.2) is 0 Å². The van der Waals surface area contributed by atoms with Crippen LogP contribution in [0.15, 0.2) is 11.1 Å². The van der Waals surface area contributed by atoms with Crippen LogP contribution in [-0.4, -0.2) is 30.7 Å². The second-order valence-corrected chi connectivity index (χ2v) is 4.47. The molecule has 0 aromatic carbocycles. The van der Waals surface area contributed by atoms with Gasteiger partial charge in [-0.2, -0.15) is 0 Å². The van der Waals surface area contributed by atoms with Crippen molar-refractivity contribution in [2.45, 2.75) is 33.6 Å². The molecule has 1 aliphatic rings. The second kappa shape index (κ2) is 4.74. The van der Waals surface area contributed by atoms with E-state index in [1.165, 1.54) is 11.1 Å². The molecule has 1 heterocycles. The van der Waals surface area contributed by atoms with Crippen LogP contribution in [0.5, 0.6) is 0 Å². The zero-order valence-electron chi connectivity index (χ0n) is 9.85. The molecule has 1 rings (SSSR count). The van der Waals surface area contributed by atoms with Crippen LogP contribution >= 0.6 is 0 Å². The lowest BCUT2D eigenvalue weighted by atomic mass is 9.90. The summed E-state index contributed by atoms with van der Waals surface area (Å²) in [5.74, 6) is 0.409. The maximum absolute atomic E-state index is 8.12. The van der Waals surface area contributed by atoms with Gasteiger partial charge in [-0.3, -0.25) is 0 Å². The van der Waals surface area contributed by atoms with E-state index >= 15 is 0 Å². The van der Waals surface area contributed by atoms with E-state index in [9.17, 15) is 0 Å². The Morgan fingerprint density at radius 3 is 2.79 bits per heavy atom. The maximum Gasteiger partial charge on any atom is 0.0386 e. The Morgan fingerprint density at radius 1 is 1.57 bits per heavy atom. The third kappa shape index (κ3) is 2.44. The van der Waals surface area contributed by atoms with E-state index in [4.69, 9.17) is 5.41 Å². The first-order valence-corrected chi connectivity index (χ1v) is 5.52. The van der Waals surface area contributed by atoms with E-state index in [0.29, 0.717) is 5.92 Å². The van der Waals surface area contributed by atoms with Crippen molar-refractivity contribution in [3.05, 3.63) is 11.1 Å². The first-order valence-electron chi connectivity index (χ1n) is 5.52. The standard InChI is InChI=1S/C12H22N2/c1-5-9(2)12(13)11-8-14(4)7-6-10(11)3/h9,13H,5-8H2,1-4H3. The van der Waals surface area contributed by atoms with Crippen LogP contribution in [0, 0.1) is 11.3 Å². The van der Waals surface area contributed by atoms with Crippen LogP contribution in [0.3, 0.4) is 0 Å². The lowest BCUT2D eigenvalue weighted by Gasteiger charge is -2.28. The summed E-state index contributed by atoms with van der Waals surface area (Å²) in [5.41, 5.74) is 3.57. The quantitative estimate of drug-likeness (QED) is 0.687.